The van der Waals surface area contributed by atoms with Crippen LogP contribution in [-0.4, -0.2) is 57.2 Å². The van der Waals surface area contributed by atoms with Crippen LogP contribution in [0.3, 0.4) is 0 Å². The summed E-state index contributed by atoms with van der Waals surface area (Å²) in [6.45, 7) is 0.547. The molecule has 0 spiro atoms. The lowest BCUT2D eigenvalue weighted by Gasteiger charge is -2.19. The van der Waals surface area contributed by atoms with Crippen LogP contribution in [0.15, 0.2) is 6.20 Å². The molecule has 2 rings (SSSR count). The number of nitrogens with two attached hydrogens (primary N) is 1. The number of carboxylic acid groups (broad SMARTS) is 2. The van der Waals surface area contributed by atoms with Gasteiger partial charge in [-0.25, -0.2) is 9.78 Å². The van der Waals surface area contributed by atoms with Gasteiger partial charge in [0.15, 0.2) is 0 Å². The van der Waals surface area contributed by atoms with E-state index in [1.165, 1.54) is 22.4 Å². The molecule has 0 atom stereocenters. The number of thiazole rings is 1. The molecular weight excluding hydrogens is 367 g/mol. The lowest BCUT2D eigenvalue weighted by atomic mass is 10.3. The van der Waals surface area contributed by atoms with Gasteiger partial charge in [-0.1, -0.05) is 0 Å². The Labute approximate surface area is 144 Å². The number of halogens is 3. The van der Waals surface area contributed by atoms with Gasteiger partial charge >= 0.3 is 18.1 Å². The SMILES string of the molecule is NCc1ncc(C(=O)N(CC(=O)O)CC2CC2)s1.O=C(O)C(F)(F)F. The quantitative estimate of drug-likeness (QED) is 0.671. The summed E-state index contributed by atoms with van der Waals surface area (Å²) in [6.07, 6.45) is -1.47. The van der Waals surface area contributed by atoms with Crippen LogP contribution in [-0.2, 0) is 16.1 Å². The fraction of sp³-hybridized carbons (Fsp3) is 0.538. The minimum atomic E-state index is -5.08. The summed E-state index contributed by atoms with van der Waals surface area (Å²) in [5.41, 5.74) is 5.44. The van der Waals surface area contributed by atoms with E-state index in [1.54, 1.807) is 0 Å². The second kappa shape index (κ2) is 8.76. The van der Waals surface area contributed by atoms with Crippen molar-refractivity contribution in [2.45, 2.75) is 25.6 Å². The number of aromatic nitrogens is 1. The minimum absolute atomic E-state index is 0.259. The maximum atomic E-state index is 12.2. The number of hydrogen-bond acceptors (Lipinski definition) is 6. The number of rotatable bonds is 6. The molecule has 4 N–H and O–H groups in total. The van der Waals surface area contributed by atoms with E-state index >= 15 is 0 Å². The number of hydrogen-bond donors (Lipinski definition) is 3. The molecule has 0 saturated heterocycles. The average molecular weight is 383 g/mol. The lowest BCUT2D eigenvalue weighted by molar-refractivity contribution is -0.192. The summed E-state index contributed by atoms with van der Waals surface area (Å²) >= 11 is 1.22. The third-order valence-electron chi connectivity index (χ3n) is 2.97. The highest BCUT2D eigenvalue weighted by atomic mass is 32.1. The molecule has 25 heavy (non-hydrogen) atoms. The van der Waals surface area contributed by atoms with Gasteiger partial charge in [-0.15, -0.1) is 11.3 Å². The van der Waals surface area contributed by atoms with Gasteiger partial charge in [0.25, 0.3) is 5.91 Å². The molecule has 1 heterocycles. The first-order valence-corrected chi connectivity index (χ1v) is 7.82. The first-order chi connectivity index (χ1) is 11.5. The molecule has 0 unspecified atom stereocenters. The lowest BCUT2D eigenvalue weighted by Crippen LogP contribution is -2.36. The fourth-order valence-corrected chi connectivity index (χ4v) is 2.42. The number of alkyl halides is 3. The van der Waals surface area contributed by atoms with E-state index < -0.39 is 18.1 Å². The molecular formula is C13H16F3N3O5S. The molecule has 0 radical (unpaired) electrons. The Morgan fingerprint density at radius 3 is 2.24 bits per heavy atom. The third-order valence-corrected chi connectivity index (χ3v) is 3.98. The van der Waals surface area contributed by atoms with E-state index in [0.29, 0.717) is 28.9 Å². The van der Waals surface area contributed by atoms with Crippen molar-refractivity contribution in [3.8, 4) is 0 Å². The maximum Gasteiger partial charge on any atom is 0.490 e. The van der Waals surface area contributed by atoms with Crippen molar-refractivity contribution in [2.24, 2.45) is 11.7 Å². The standard InChI is InChI=1S/C11H15N3O3S.C2HF3O2/c12-3-9-13-4-8(18-9)11(17)14(6-10(15)16)5-7-1-2-7;3-2(4,5)1(6)7/h4,7H,1-3,5-6,12H2,(H,15,16);(H,6,7). The molecule has 140 valence electrons. The molecule has 0 bridgehead atoms. The normalized spacial score (nSPS) is 13.6. The van der Waals surface area contributed by atoms with Gasteiger partial charge in [-0.3, -0.25) is 9.59 Å². The third kappa shape index (κ3) is 7.47. The number of carbonyl (C=O) groups excluding carboxylic acids is 1. The minimum Gasteiger partial charge on any atom is -0.480 e. The zero-order valence-corrected chi connectivity index (χ0v) is 13.6. The Kier molecular flexibility index (Phi) is 7.30. The molecule has 12 heteroatoms. The molecule has 1 aromatic rings. The van der Waals surface area contributed by atoms with Crippen molar-refractivity contribution in [1.82, 2.24) is 9.88 Å². The highest BCUT2D eigenvalue weighted by molar-refractivity contribution is 7.13. The summed E-state index contributed by atoms with van der Waals surface area (Å²) < 4.78 is 31.7. The fourth-order valence-electron chi connectivity index (χ4n) is 1.65. The van der Waals surface area contributed by atoms with Gasteiger partial charge in [0.05, 0.1) is 6.20 Å². The van der Waals surface area contributed by atoms with Crippen molar-refractivity contribution in [3.05, 3.63) is 16.1 Å². The van der Waals surface area contributed by atoms with Crippen LogP contribution in [0.4, 0.5) is 13.2 Å². The largest absolute Gasteiger partial charge is 0.490 e. The molecule has 0 aliphatic heterocycles. The number of carboxylic acids is 2. The first-order valence-electron chi connectivity index (χ1n) is 7.00. The smallest absolute Gasteiger partial charge is 0.480 e. The topological polar surface area (TPSA) is 134 Å². The van der Waals surface area contributed by atoms with Crippen molar-refractivity contribution in [3.63, 3.8) is 0 Å². The van der Waals surface area contributed by atoms with Crippen molar-refractivity contribution in [1.29, 1.82) is 0 Å². The highest BCUT2D eigenvalue weighted by Crippen LogP contribution is 2.30. The molecule has 1 aliphatic rings. The van der Waals surface area contributed by atoms with Gasteiger partial charge in [-0.05, 0) is 18.8 Å². The van der Waals surface area contributed by atoms with E-state index in [1.807, 2.05) is 0 Å². The molecule has 1 amide bonds. The zero-order chi connectivity index (χ0) is 19.2. The summed E-state index contributed by atoms with van der Waals surface area (Å²) in [5, 5.41) is 16.6. The Bertz CT molecular complexity index is 631. The van der Waals surface area contributed by atoms with Gasteiger partial charge in [0, 0.05) is 13.1 Å². The van der Waals surface area contributed by atoms with Crippen LogP contribution in [0.5, 0.6) is 0 Å². The van der Waals surface area contributed by atoms with E-state index in [4.69, 9.17) is 20.7 Å². The molecule has 1 saturated carbocycles. The van der Waals surface area contributed by atoms with Gasteiger partial charge in [0.2, 0.25) is 0 Å². The molecule has 1 aromatic heterocycles. The monoisotopic (exact) mass is 383 g/mol. The molecule has 1 aliphatic carbocycles. The Hall–Kier alpha value is -2.21. The zero-order valence-electron chi connectivity index (χ0n) is 12.8. The van der Waals surface area contributed by atoms with Crippen LogP contribution in [0.2, 0.25) is 0 Å². The van der Waals surface area contributed by atoms with Crippen LogP contribution < -0.4 is 5.73 Å². The summed E-state index contributed by atoms with van der Waals surface area (Å²) in [5.74, 6) is -3.56. The van der Waals surface area contributed by atoms with Gasteiger partial charge in [0.1, 0.15) is 16.4 Å². The second-order valence-electron chi connectivity index (χ2n) is 5.15. The van der Waals surface area contributed by atoms with E-state index in [2.05, 4.69) is 4.98 Å². The highest BCUT2D eigenvalue weighted by Gasteiger charge is 2.38. The van der Waals surface area contributed by atoms with E-state index in [-0.39, 0.29) is 12.5 Å². The van der Waals surface area contributed by atoms with Crippen LogP contribution in [0.25, 0.3) is 0 Å². The van der Waals surface area contributed by atoms with Crippen LogP contribution in [0, 0.1) is 5.92 Å². The number of aliphatic carboxylic acids is 2. The van der Waals surface area contributed by atoms with Crippen molar-refractivity contribution >= 4 is 29.2 Å². The predicted octanol–water partition coefficient (Wildman–Crippen LogP) is 1.17. The summed E-state index contributed by atoms with van der Waals surface area (Å²) in [6, 6.07) is 0. The Morgan fingerprint density at radius 1 is 1.32 bits per heavy atom. The summed E-state index contributed by atoms with van der Waals surface area (Å²) in [7, 11) is 0. The van der Waals surface area contributed by atoms with Gasteiger partial charge in [-0.2, -0.15) is 13.2 Å². The van der Waals surface area contributed by atoms with E-state index in [0.717, 1.165) is 12.8 Å². The average Bonchev–Trinajstić information content (AvgIpc) is 3.18. The predicted molar refractivity (Wildman–Crippen MR) is 80.0 cm³/mol. The maximum absolute atomic E-state index is 12.2. The van der Waals surface area contributed by atoms with Gasteiger partial charge < -0.3 is 20.8 Å². The molecule has 0 aromatic carbocycles. The van der Waals surface area contributed by atoms with Crippen LogP contribution >= 0.6 is 11.3 Å². The summed E-state index contributed by atoms with van der Waals surface area (Å²) in [4.78, 5) is 37.7. The second-order valence-corrected chi connectivity index (χ2v) is 6.26. The van der Waals surface area contributed by atoms with Crippen molar-refractivity contribution in [2.75, 3.05) is 13.1 Å². The molecule has 8 nitrogen and oxygen atoms in total. The van der Waals surface area contributed by atoms with Crippen molar-refractivity contribution < 1.29 is 37.8 Å². The number of amides is 1. The Balaban J connectivity index is 0.000000381. The number of nitrogens with zero attached hydrogens (tertiary/aromatic N) is 2. The van der Waals surface area contributed by atoms with Crippen LogP contribution in [0.1, 0.15) is 27.5 Å². The first kappa shape index (κ1) is 20.8. The Morgan fingerprint density at radius 2 is 1.88 bits per heavy atom. The number of carbonyl (C=O) groups is 3. The molecule has 1 fully saturated rings. The van der Waals surface area contributed by atoms with E-state index in [9.17, 15) is 22.8 Å².